The number of nitro benzene ring substituents is 1. The maximum atomic E-state index is 15.1. The fourth-order valence-corrected chi connectivity index (χ4v) is 9.93. The summed E-state index contributed by atoms with van der Waals surface area (Å²) in [6.45, 7) is 9.41. The van der Waals surface area contributed by atoms with Crippen LogP contribution in [-0.4, -0.2) is 89.4 Å². The summed E-state index contributed by atoms with van der Waals surface area (Å²) in [5.74, 6) is -2.25. The highest BCUT2D eigenvalue weighted by Crippen LogP contribution is 2.62. The highest BCUT2D eigenvalue weighted by molar-refractivity contribution is 6.03. The van der Waals surface area contributed by atoms with Crippen molar-refractivity contribution in [3.63, 3.8) is 0 Å². The average Bonchev–Trinajstić information content (AvgIpc) is 3.36. The van der Waals surface area contributed by atoms with Crippen LogP contribution in [0.5, 0.6) is 28.7 Å². The van der Waals surface area contributed by atoms with Crippen molar-refractivity contribution in [2.75, 3.05) is 39.4 Å². The minimum atomic E-state index is -1.73. The normalized spacial score (nSPS) is 21.5. The number of aliphatic hydroxyl groups is 2. The van der Waals surface area contributed by atoms with Gasteiger partial charge in [-0.05, 0) is 124 Å². The van der Waals surface area contributed by atoms with Crippen molar-refractivity contribution in [2.45, 2.75) is 95.6 Å². The zero-order chi connectivity index (χ0) is 51.6. The molecule has 1 heterocycles. The molecule has 17 nitrogen and oxygen atoms in total. The molecule has 18 heteroatoms. The summed E-state index contributed by atoms with van der Waals surface area (Å²) in [5.41, 5.74) is 1.88. The van der Waals surface area contributed by atoms with Gasteiger partial charge in [0.1, 0.15) is 46.2 Å². The molecule has 1 aliphatic heterocycles. The van der Waals surface area contributed by atoms with Crippen molar-refractivity contribution in [1.82, 2.24) is 4.90 Å². The van der Waals surface area contributed by atoms with E-state index in [0.29, 0.717) is 78.3 Å². The van der Waals surface area contributed by atoms with Crippen LogP contribution in [0.1, 0.15) is 82.8 Å². The van der Waals surface area contributed by atoms with Crippen molar-refractivity contribution >= 4 is 29.3 Å². The summed E-state index contributed by atoms with van der Waals surface area (Å²) >= 11 is 0. The zero-order valence-corrected chi connectivity index (χ0v) is 41.2. The Hall–Kier alpha value is -7.02. The molecule has 4 aromatic rings. The van der Waals surface area contributed by atoms with Gasteiger partial charge < -0.3 is 43.5 Å². The zero-order valence-electron chi connectivity index (χ0n) is 41.2. The third kappa shape index (κ3) is 12.2. The van der Waals surface area contributed by atoms with E-state index in [9.17, 15) is 29.5 Å². The first-order valence-electron chi connectivity index (χ1n) is 24.1. The molecule has 1 fully saturated rings. The lowest BCUT2D eigenvalue weighted by Gasteiger charge is -2.59. The monoisotopic (exact) mass is 994 g/mol. The van der Waals surface area contributed by atoms with Gasteiger partial charge in [-0.25, -0.2) is 14.0 Å². The van der Waals surface area contributed by atoms with Crippen molar-refractivity contribution < 1.29 is 62.4 Å². The van der Waals surface area contributed by atoms with Crippen LogP contribution >= 0.6 is 0 Å². The van der Waals surface area contributed by atoms with E-state index >= 15 is 4.79 Å². The number of carbonyl (C=O) groups is 2. The SMILES string of the molecule is C=CCO[C@@]12Oc3ccc(OC(=O)Nc4ccc(OC)cc4OC)cc3[C@H]3[C@H](CCCCO)[C@@H](CCCCO)C=C(C(=NOC(C)(C)C)C[C@@H]1N(Cc1ccc(F)cc1)C(=O)Oc1ccc([N+](=O)[O-])cc1)[C@H]32. The van der Waals surface area contributed by atoms with E-state index in [1.54, 1.807) is 54.6 Å². The van der Waals surface area contributed by atoms with Crippen LogP contribution in [0.15, 0.2) is 114 Å². The second-order valence-electron chi connectivity index (χ2n) is 18.9. The van der Waals surface area contributed by atoms with Crippen molar-refractivity contribution in [3.05, 3.63) is 136 Å². The predicted octanol–water partition coefficient (Wildman–Crippen LogP) is 10.5. The molecule has 0 unspecified atom stereocenters. The highest BCUT2D eigenvalue weighted by atomic mass is 19.1. The molecule has 3 aliphatic rings. The van der Waals surface area contributed by atoms with Crippen molar-refractivity contribution in [1.29, 1.82) is 0 Å². The molecule has 2 aliphatic carbocycles. The topological polar surface area (TPSA) is 210 Å². The summed E-state index contributed by atoms with van der Waals surface area (Å²) in [6.07, 6.45) is 5.89. The number of anilines is 1. The predicted molar refractivity (Wildman–Crippen MR) is 266 cm³/mol. The summed E-state index contributed by atoms with van der Waals surface area (Å²) in [5, 5.41) is 39.2. The van der Waals surface area contributed by atoms with Crippen LogP contribution < -0.4 is 29.0 Å². The Morgan fingerprint density at radius 2 is 1.62 bits per heavy atom. The molecule has 0 radical (unpaired) electrons. The summed E-state index contributed by atoms with van der Waals surface area (Å²) in [4.78, 5) is 47.4. The molecule has 2 amide bonds. The molecule has 0 saturated heterocycles. The van der Waals surface area contributed by atoms with Gasteiger partial charge in [-0.15, -0.1) is 6.58 Å². The lowest BCUT2D eigenvalue weighted by atomic mass is 9.55. The number of methoxy groups -OCH3 is 2. The number of fused-ring (bicyclic) bond motifs is 2. The maximum Gasteiger partial charge on any atom is 0.417 e. The minimum absolute atomic E-state index is 0.00287. The van der Waals surface area contributed by atoms with Gasteiger partial charge in [0.05, 0.1) is 43.1 Å². The van der Waals surface area contributed by atoms with E-state index in [-0.39, 0.29) is 61.8 Å². The second-order valence-corrected chi connectivity index (χ2v) is 18.9. The Morgan fingerprint density at radius 1 is 0.931 bits per heavy atom. The first-order valence-corrected chi connectivity index (χ1v) is 24.1. The molecule has 72 heavy (non-hydrogen) atoms. The molecule has 3 N–H and O–H groups in total. The number of hydrogen-bond acceptors (Lipinski definition) is 14. The Bertz CT molecular complexity index is 2620. The Balaban J connectivity index is 1.43. The number of halogens is 1. The molecule has 4 aromatic carbocycles. The summed E-state index contributed by atoms with van der Waals surface area (Å²) in [6, 6.07) is 19.8. The second kappa shape index (κ2) is 23.5. The molecule has 1 saturated carbocycles. The molecule has 0 spiro atoms. The van der Waals surface area contributed by atoms with E-state index in [2.05, 4.69) is 18.0 Å². The van der Waals surface area contributed by atoms with Gasteiger partial charge in [0.25, 0.3) is 5.69 Å². The lowest BCUT2D eigenvalue weighted by Crippen LogP contribution is -2.70. The van der Waals surface area contributed by atoms with Crippen LogP contribution in [0.3, 0.4) is 0 Å². The van der Waals surface area contributed by atoms with Gasteiger partial charge in [0.2, 0.25) is 5.79 Å². The van der Waals surface area contributed by atoms with Crippen LogP contribution in [0.2, 0.25) is 0 Å². The van der Waals surface area contributed by atoms with E-state index in [0.717, 1.165) is 5.57 Å². The number of hydrogen-bond donors (Lipinski definition) is 3. The molecule has 0 bridgehead atoms. The Kier molecular flexibility index (Phi) is 17.2. The molecule has 6 atom stereocenters. The number of ether oxygens (including phenoxy) is 6. The number of oxime groups is 1. The first-order chi connectivity index (χ1) is 34.6. The van der Waals surface area contributed by atoms with Crippen LogP contribution in [0.25, 0.3) is 0 Å². The number of nitro groups is 1. The highest BCUT2D eigenvalue weighted by Gasteiger charge is 2.66. The van der Waals surface area contributed by atoms with E-state index in [1.165, 1.54) is 55.5 Å². The molecular weight excluding hydrogens is 932 g/mol. The van der Waals surface area contributed by atoms with Gasteiger partial charge in [-0.1, -0.05) is 42.3 Å². The van der Waals surface area contributed by atoms with Gasteiger partial charge in [-0.3, -0.25) is 20.3 Å². The van der Waals surface area contributed by atoms with E-state index < -0.39 is 52.2 Å². The molecule has 0 aromatic heterocycles. The van der Waals surface area contributed by atoms with E-state index in [4.69, 9.17) is 38.4 Å². The Morgan fingerprint density at radius 3 is 2.28 bits per heavy atom. The summed E-state index contributed by atoms with van der Waals surface area (Å²) in [7, 11) is 2.99. The third-order valence-electron chi connectivity index (χ3n) is 13.1. The fraction of sp³-hybridized carbons (Fsp3) is 0.426. The summed E-state index contributed by atoms with van der Waals surface area (Å²) < 4.78 is 51.7. The molecule has 7 rings (SSSR count). The van der Waals surface area contributed by atoms with Crippen LogP contribution in [0, 0.1) is 33.7 Å². The van der Waals surface area contributed by atoms with Crippen LogP contribution in [-0.2, 0) is 16.1 Å². The third-order valence-corrected chi connectivity index (χ3v) is 13.1. The number of rotatable bonds is 21. The minimum Gasteiger partial charge on any atom is -0.497 e. The van der Waals surface area contributed by atoms with Crippen LogP contribution in [0.4, 0.5) is 25.4 Å². The van der Waals surface area contributed by atoms with Crippen molar-refractivity contribution in [3.8, 4) is 28.7 Å². The number of benzene rings is 4. The number of allylic oxidation sites excluding steroid dienone is 1. The van der Waals surface area contributed by atoms with E-state index in [1.807, 2.05) is 20.8 Å². The maximum absolute atomic E-state index is 15.1. The number of nitrogens with zero attached hydrogens (tertiary/aromatic N) is 3. The Labute approximate surface area is 418 Å². The van der Waals surface area contributed by atoms with Gasteiger partial charge in [0.15, 0.2) is 0 Å². The number of amides is 2. The molecule has 384 valence electrons. The standard InChI is InChI=1S/C54H63FN4O13/c1-7-28-68-54-48(58(33-34-14-16-36(55)17-15-34)52(63)70-38-20-18-37(19-21-38)59(64)65)32-45(57-72-53(2,3)4)42-29-35(12-8-10-26-60)41(13-9-11-27-61)49(50(42)54)43-30-40(23-25-46(43)71-54)69-51(62)56-44-24-22-39(66-5)31-47(44)67-6/h7,14-25,29-31,35,41,48-50,60-61H,1,8-13,26-28,32-33H2,2-6H3,(H,56,62)/t35-,41+,48-,49+,50+,54+/m0/s1. The quantitative estimate of drug-likeness (QED) is 0.0307. The fourth-order valence-electron chi connectivity index (χ4n) is 9.93. The van der Waals surface area contributed by atoms with Gasteiger partial charge >= 0.3 is 12.2 Å². The molecular formula is C54H63FN4O13. The average molecular weight is 995 g/mol. The first kappa shape index (κ1) is 52.8. The smallest absolute Gasteiger partial charge is 0.417 e. The number of nitrogens with one attached hydrogen (secondary N) is 1. The number of non-ortho nitro benzene ring substituents is 1. The number of carbonyl (C=O) groups excluding carboxylic acids is 2. The van der Waals surface area contributed by atoms with Crippen molar-refractivity contribution in [2.24, 2.45) is 22.9 Å². The largest absolute Gasteiger partial charge is 0.497 e. The van der Waals surface area contributed by atoms with Gasteiger partial charge in [0, 0.05) is 55.9 Å². The number of unbranched alkanes of at least 4 members (excludes halogenated alkanes) is 2. The van der Waals surface area contributed by atoms with Gasteiger partial charge in [-0.2, -0.15) is 0 Å². The lowest BCUT2D eigenvalue weighted by molar-refractivity contribution is -0.384. The number of aliphatic hydroxyl groups excluding tert-OH is 2.